The standard InChI is InChI=1S/C18H18BrF2NO3/c1-3-24-16-9-12(7-8-15(16)25-18(20)21)11-22(2)17(23)13-5-4-6-14(19)10-13/h4-10,18H,3,11H2,1-2H3. The SMILES string of the molecule is CCOc1cc(CN(C)C(=O)c2cccc(Br)c2)ccc1OC(F)F. The average molecular weight is 414 g/mol. The highest BCUT2D eigenvalue weighted by molar-refractivity contribution is 9.10. The molecular formula is C18H18BrF2NO3. The smallest absolute Gasteiger partial charge is 0.387 e. The number of rotatable bonds is 7. The van der Waals surface area contributed by atoms with Crippen molar-refractivity contribution < 1.29 is 23.0 Å². The van der Waals surface area contributed by atoms with Crippen molar-refractivity contribution in [3.8, 4) is 11.5 Å². The lowest BCUT2D eigenvalue weighted by molar-refractivity contribution is -0.0514. The minimum Gasteiger partial charge on any atom is -0.490 e. The molecule has 0 radical (unpaired) electrons. The molecule has 0 spiro atoms. The summed E-state index contributed by atoms with van der Waals surface area (Å²) in [5.74, 6) is 0.0531. The lowest BCUT2D eigenvalue weighted by atomic mass is 10.1. The normalized spacial score (nSPS) is 10.6. The Morgan fingerprint density at radius 3 is 2.60 bits per heavy atom. The van der Waals surface area contributed by atoms with Crippen molar-refractivity contribution in [3.63, 3.8) is 0 Å². The molecule has 0 fully saturated rings. The van der Waals surface area contributed by atoms with Crippen molar-refractivity contribution >= 4 is 21.8 Å². The zero-order chi connectivity index (χ0) is 18.4. The van der Waals surface area contributed by atoms with Crippen LogP contribution in [0.25, 0.3) is 0 Å². The van der Waals surface area contributed by atoms with Crippen LogP contribution in [-0.4, -0.2) is 31.1 Å². The van der Waals surface area contributed by atoms with E-state index in [4.69, 9.17) is 4.74 Å². The number of alkyl halides is 2. The van der Waals surface area contributed by atoms with Gasteiger partial charge in [-0.1, -0.05) is 28.1 Å². The molecule has 0 unspecified atom stereocenters. The molecule has 0 aliphatic heterocycles. The monoisotopic (exact) mass is 413 g/mol. The Hall–Kier alpha value is -2.15. The van der Waals surface area contributed by atoms with Crippen LogP contribution in [0.1, 0.15) is 22.8 Å². The van der Waals surface area contributed by atoms with Gasteiger partial charge in [0.2, 0.25) is 0 Å². The molecule has 2 aromatic rings. The molecule has 0 saturated carbocycles. The summed E-state index contributed by atoms with van der Waals surface area (Å²) >= 11 is 3.34. The van der Waals surface area contributed by atoms with E-state index in [1.807, 2.05) is 6.07 Å². The lowest BCUT2D eigenvalue weighted by Crippen LogP contribution is -2.26. The highest BCUT2D eigenvalue weighted by Gasteiger charge is 2.15. The summed E-state index contributed by atoms with van der Waals surface area (Å²) in [6, 6.07) is 11.8. The summed E-state index contributed by atoms with van der Waals surface area (Å²) in [5.41, 5.74) is 1.30. The number of benzene rings is 2. The fourth-order valence-electron chi connectivity index (χ4n) is 2.30. The molecule has 7 heteroatoms. The van der Waals surface area contributed by atoms with E-state index < -0.39 is 6.61 Å². The quantitative estimate of drug-likeness (QED) is 0.658. The van der Waals surface area contributed by atoms with E-state index in [1.54, 1.807) is 49.2 Å². The molecule has 0 aliphatic rings. The second-order valence-electron chi connectivity index (χ2n) is 5.26. The van der Waals surface area contributed by atoms with E-state index in [9.17, 15) is 13.6 Å². The second-order valence-corrected chi connectivity index (χ2v) is 6.18. The van der Waals surface area contributed by atoms with Crippen molar-refractivity contribution in [1.29, 1.82) is 0 Å². The Bertz CT molecular complexity index is 740. The molecule has 4 nitrogen and oxygen atoms in total. The number of hydrogen-bond donors (Lipinski definition) is 0. The van der Waals surface area contributed by atoms with Crippen LogP contribution in [0.3, 0.4) is 0 Å². The van der Waals surface area contributed by atoms with Gasteiger partial charge in [0.15, 0.2) is 11.5 Å². The van der Waals surface area contributed by atoms with Gasteiger partial charge < -0.3 is 14.4 Å². The Balaban J connectivity index is 2.15. The minimum atomic E-state index is -2.93. The molecule has 134 valence electrons. The van der Waals surface area contributed by atoms with Gasteiger partial charge in [0, 0.05) is 23.6 Å². The van der Waals surface area contributed by atoms with Gasteiger partial charge in [-0.3, -0.25) is 4.79 Å². The molecule has 0 N–H and O–H groups in total. The molecule has 2 aromatic carbocycles. The molecule has 0 bridgehead atoms. The maximum Gasteiger partial charge on any atom is 0.387 e. The van der Waals surface area contributed by atoms with Crippen LogP contribution in [0.2, 0.25) is 0 Å². The molecule has 0 aromatic heterocycles. The third kappa shape index (κ3) is 5.42. The highest BCUT2D eigenvalue weighted by atomic mass is 79.9. The summed E-state index contributed by atoms with van der Waals surface area (Å²) in [6.07, 6.45) is 0. The van der Waals surface area contributed by atoms with Gasteiger partial charge in [-0.05, 0) is 42.8 Å². The Kier molecular flexibility index (Phi) is 6.75. The van der Waals surface area contributed by atoms with Gasteiger partial charge in [-0.15, -0.1) is 0 Å². The Labute approximate surface area is 153 Å². The van der Waals surface area contributed by atoms with Crippen LogP contribution in [0.4, 0.5) is 8.78 Å². The Morgan fingerprint density at radius 2 is 1.96 bits per heavy atom. The first-order valence-corrected chi connectivity index (χ1v) is 8.41. The topological polar surface area (TPSA) is 38.8 Å². The fourth-order valence-corrected chi connectivity index (χ4v) is 2.70. The van der Waals surface area contributed by atoms with E-state index in [0.29, 0.717) is 18.7 Å². The summed E-state index contributed by atoms with van der Waals surface area (Å²) in [5, 5.41) is 0. The predicted molar refractivity (Wildman–Crippen MR) is 94.2 cm³/mol. The first kappa shape index (κ1) is 19.2. The number of carbonyl (C=O) groups excluding carboxylic acids is 1. The molecule has 25 heavy (non-hydrogen) atoms. The molecular weight excluding hydrogens is 396 g/mol. The number of amides is 1. The van der Waals surface area contributed by atoms with Gasteiger partial charge in [0.1, 0.15) is 0 Å². The van der Waals surface area contributed by atoms with Crippen LogP contribution in [0, 0.1) is 0 Å². The number of nitrogens with zero attached hydrogens (tertiary/aromatic N) is 1. The van der Waals surface area contributed by atoms with E-state index in [1.165, 1.54) is 6.07 Å². The van der Waals surface area contributed by atoms with Gasteiger partial charge in [0.25, 0.3) is 5.91 Å². The third-order valence-electron chi connectivity index (χ3n) is 3.36. The zero-order valence-corrected chi connectivity index (χ0v) is 15.4. The van der Waals surface area contributed by atoms with E-state index in [-0.39, 0.29) is 17.4 Å². The maximum atomic E-state index is 12.5. The van der Waals surface area contributed by atoms with E-state index in [0.717, 1.165) is 10.0 Å². The fraction of sp³-hybridized carbons (Fsp3) is 0.278. The van der Waals surface area contributed by atoms with E-state index >= 15 is 0 Å². The predicted octanol–water partition coefficient (Wildman–Crippen LogP) is 4.72. The number of ether oxygens (including phenoxy) is 2. The molecule has 0 heterocycles. The first-order valence-electron chi connectivity index (χ1n) is 7.62. The molecule has 2 rings (SSSR count). The van der Waals surface area contributed by atoms with Crippen LogP contribution >= 0.6 is 15.9 Å². The Morgan fingerprint density at radius 1 is 1.20 bits per heavy atom. The number of halogens is 3. The van der Waals surface area contributed by atoms with Crippen molar-refractivity contribution in [3.05, 3.63) is 58.1 Å². The lowest BCUT2D eigenvalue weighted by Gasteiger charge is -2.19. The van der Waals surface area contributed by atoms with Gasteiger partial charge in [0.05, 0.1) is 6.61 Å². The summed E-state index contributed by atoms with van der Waals surface area (Å²) in [4.78, 5) is 14.0. The maximum absolute atomic E-state index is 12.5. The largest absolute Gasteiger partial charge is 0.490 e. The molecule has 1 amide bonds. The van der Waals surface area contributed by atoms with Crippen LogP contribution in [0.15, 0.2) is 46.9 Å². The van der Waals surface area contributed by atoms with Crippen LogP contribution < -0.4 is 9.47 Å². The molecule has 0 aliphatic carbocycles. The van der Waals surface area contributed by atoms with E-state index in [2.05, 4.69) is 20.7 Å². The van der Waals surface area contributed by atoms with Crippen LogP contribution in [-0.2, 0) is 6.54 Å². The molecule has 0 atom stereocenters. The van der Waals surface area contributed by atoms with Gasteiger partial charge in [-0.2, -0.15) is 8.78 Å². The third-order valence-corrected chi connectivity index (χ3v) is 3.86. The minimum absolute atomic E-state index is 0.0263. The highest BCUT2D eigenvalue weighted by Crippen LogP contribution is 2.30. The molecule has 0 saturated heterocycles. The van der Waals surface area contributed by atoms with Crippen molar-refractivity contribution in [1.82, 2.24) is 4.90 Å². The van der Waals surface area contributed by atoms with Gasteiger partial charge in [-0.25, -0.2) is 0 Å². The van der Waals surface area contributed by atoms with Gasteiger partial charge >= 0.3 is 6.61 Å². The van der Waals surface area contributed by atoms with Crippen molar-refractivity contribution in [2.45, 2.75) is 20.1 Å². The first-order chi connectivity index (χ1) is 11.9. The van der Waals surface area contributed by atoms with Crippen molar-refractivity contribution in [2.24, 2.45) is 0 Å². The zero-order valence-electron chi connectivity index (χ0n) is 13.8. The van der Waals surface area contributed by atoms with Crippen molar-refractivity contribution in [2.75, 3.05) is 13.7 Å². The number of hydrogen-bond acceptors (Lipinski definition) is 3. The summed E-state index contributed by atoms with van der Waals surface area (Å²) in [6.45, 7) is -0.552. The van der Waals surface area contributed by atoms with Crippen LogP contribution in [0.5, 0.6) is 11.5 Å². The number of carbonyl (C=O) groups is 1. The second kappa shape index (κ2) is 8.80. The summed E-state index contributed by atoms with van der Waals surface area (Å²) < 4.78 is 35.5. The average Bonchev–Trinajstić information content (AvgIpc) is 2.56. The summed E-state index contributed by atoms with van der Waals surface area (Å²) in [7, 11) is 1.67.